The molecule has 1 amide bonds. The minimum absolute atomic E-state index is 0.116. The van der Waals surface area contributed by atoms with Gasteiger partial charge in [0.15, 0.2) is 0 Å². The van der Waals surface area contributed by atoms with Crippen molar-refractivity contribution in [3.8, 4) is 11.3 Å². The largest absolute Gasteiger partial charge is 0.383 e. The highest BCUT2D eigenvalue weighted by molar-refractivity contribution is 5.94. The van der Waals surface area contributed by atoms with Crippen molar-refractivity contribution >= 4 is 34.0 Å². The third-order valence-electron chi connectivity index (χ3n) is 4.66. The van der Waals surface area contributed by atoms with Crippen molar-refractivity contribution in [1.82, 2.24) is 25.1 Å². The van der Waals surface area contributed by atoms with Crippen LogP contribution in [0.3, 0.4) is 0 Å². The zero-order valence-corrected chi connectivity index (χ0v) is 16.2. The Morgan fingerprint density at radius 1 is 1.21 bits per heavy atom. The molecule has 1 aromatic carbocycles. The Morgan fingerprint density at radius 2 is 2.03 bits per heavy atom. The van der Waals surface area contributed by atoms with Crippen LogP contribution < -0.4 is 16.4 Å². The van der Waals surface area contributed by atoms with Gasteiger partial charge >= 0.3 is 0 Å². The summed E-state index contributed by atoms with van der Waals surface area (Å²) in [7, 11) is 1.59. The van der Waals surface area contributed by atoms with Gasteiger partial charge in [-0.05, 0) is 30.0 Å². The molecule has 0 unspecified atom stereocenters. The van der Waals surface area contributed by atoms with E-state index in [1.807, 2.05) is 43.3 Å². The highest BCUT2D eigenvalue weighted by atomic mass is 16.1. The number of carbonyl (C=O) groups excluding carboxylic acids is 1. The molecule has 0 atom stereocenters. The number of benzene rings is 1. The Bertz CT molecular complexity index is 1200. The number of hydrogen-bond acceptors (Lipinski definition) is 6. The monoisotopic (exact) mass is 387 g/mol. The van der Waals surface area contributed by atoms with E-state index < -0.39 is 0 Å². The van der Waals surface area contributed by atoms with Crippen molar-refractivity contribution in [2.45, 2.75) is 13.5 Å². The number of nitrogen functional groups attached to an aromatic ring is 1. The fourth-order valence-electron chi connectivity index (χ4n) is 3.13. The number of aromatic nitrogens is 4. The number of likely N-dealkylation sites (N-methyl/N-ethyl adjacent to an activating group) is 1. The van der Waals surface area contributed by atoms with E-state index in [9.17, 15) is 4.79 Å². The summed E-state index contributed by atoms with van der Waals surface area (Å²) >= 11 is 0. The molecule has 0 aliphatic rings. The second-order valence-corrected chi connectivity index (χ2v) is 6.72. The summed E-state index contributed by atoms with van der Waals surface area (Å²) in [4.78, 5) is 20.5. The number of amides is 1. The average Bonchev–Trinajstić information content (AvgIpc) is 3.14. The van der Waals surface area contributed by atoms with Crippen LogP contribution in [0.2, 0.25) is 0 Å². The van der Waals surface area contributed by atoms with Gasteiger partial charge in [-0.3, -0.25) is 9.48 Å². The van der Waals surface area contributed by atoms with Gasteiger partial charge in [0.05, 0.1) is 17.6 Å². The Morgan fingerprint density at radius 3 is 2.83 bits per heavy atom. The van der Waals surface area contributed by atoms with Crippen LogP contribution in [0.5, 0.6) is 0 Å². The first kappa shape index (κ1) is 18.4. The number of nitrogens with two attached hydrogens (primary N) is 1. The first-order valence-electron chi connectivity index (χ1n) is 9.16. The van der Waals surface area contributed by atoms with E-state index >= 15 is 0 Å². The molecule has 3 aromatic heterocycles. The summed E-state index contributed by atoms with van der Waals surface area (Å²) in [5.74, 6) is 0.978. The molecule has 0 bridgehead atoms. The Labute approximate surface area is 167 Å². The van der Waals surface area contributed by atoms with E-state index in [0.717, 1.165) is 33.3 Å². The fraction of sp³-hybridized carbons (Fsp3) is 0.143. The number of carbonyl (C=O) groups is 1. The zero-order chi connectivity index (χ0) is 20.4. The number of nitrogens with zero attached hydrogens (tertiary/aromatic N) is 4. The van der Waals surface area contributed by atoms with Gasteiger partial charge in [0.1, 0.15) is 18.2 Å². The molecule has 29 heavy (non-hydrogen) atoms. The standard InChI is InChI=1S/C21H21N7O/c1-13-5-3-4-6-16(13)18-7-14-8-19(24-10-17(14)21(22)27-18)26-15-9-25-28(11-15)12-20(29)23-2/h3-11H,12H2,1-2H3,(H2,22,27)(H,23,29)(H,24,26). The quantitative estimate of drug-likeness (QED) is 0.486. The van der Waals surface area contributed by atoms with Gasteiger partial charge in [0.25, 0.3) is 0 Å². The summed E-state index contributed by atoms with van der Waals surface area (Å²) in [6.07, 6.45) is 5.10. The molecular formula is C21H21N7O. The maximum atomic E-state index is 11.5. The van der Waals surface area contributed by atoms with Crippen LogP contribution in [0.4, 0.5) is 17.3 Å². The average molecular weight is 387 g/mol. The first-order chi connectivity index (χ1) is 14.0. The molecule has 0 saturated carbocycles. The second-order valence-electron chi connectivity index (χ2n) is 6.72. The maximum absolute atomic E-state index is 11.5. The van der Waals surface area contributed by atoms with Crippen LogP contribution in [0, 0.1) is 6.92 Å². The zero-order valence-electron chi connectivity index (χ0n) is 16.2. The van der Waals surface area contributed by atoms with Gasteiger partial charge in [-0.2, -0.15) is 5.10 Å². The van der Waals surface area contributed by atoms with Crippen molar-refractivity contribution in [2.75, 3.05) is 18.1 Å². The molecule has 146 valence electrons. The number of pyridine rings is 2. The third-order valence-corrected chi connectivity index (χ3v) is 4.66. The Balaban J connectivity index is 1.65. The van der Waals surface area contributed by atoms with E-state index in [-0.39, 0.29) is 12.5 Å². The van der Waals surface area contributed by atoms with Gasteiger partial charge in [-0.25, -0.2) is 9.97 Å². The summed E-state index contributed by atoms with van der Waals surface area (Å²) in [6.45, 7) is 2.21. The summed E-state index contributed by atoms with van der Waals surface area (Å²) in [5, 5.41) is 11.7. The second kappa shape index (κ2) is 7.59. The molecule has 4 N–H and O–H groups in total. The highest BCUT2D eigenvalue weighted by Gasteiger charge is 2.10. The lowest BCUT2D eigenvalue weighted by atomic mass is 10.0. The number of rotatable bonds is 5. The van der Waals surface area contributed by atoms with E-state index in [2.05, 4.69) is 25.7 Å². The molecule has 8 heteroatoms. The van der Waals surface area contributed by atoms with Crippen molar-refractivity contribution in [3.05, 3.63) is 60.6 Å². The van der Waals surface area contributed by atoms with Crippen molar-refractivity contribution < 1.29 is 4.79 Å². The number of aryl methyl sites for hydroxylation is 1. The topological polar surface area (TPSA) is 111 Å². The van der Waals surface area contributed by atoms with Crippen molar-refractivity contribution in [1.29, 1.82) is 0 Å². The van der Waals surface area contributed by atoms with Gasteiger partial charge in [-0.1, -0.05) is 24.3 Å². The lowest BCUT2D eigenvalue weighted by Crippen LogP contribution is -2.23. The Kier molecular flexibility index (Phi) is 4.82. The maximum Gasteiger partial charge on any atom is 0.241 e. The van der Waals surface area contributed by atoms with E-state index in [4.69, 9.17) is 5.73 Å². The molecule has 0 radical (unpaired) electrons. The fourth-order valence-corrected chi connectivity index (χ4v) is 3.13. The van der Waals surface area contributed by atoms with E-state index in [1.54, 1.807) is 30.3 Å². The van der Waals surface area contributed by atoms with Crippen LogP contribution >= 0.6 is 0 Å². The molecular weight excluding hydrogens is 366 g/mol. The third kappa shape index (κ3) is 3.86. The minimum atomic E-state index is -0.116. The minimum Gasteiger partial charge on any atom is -0.383 e. The normalized spacial score (nSPS) is 10.8. The summed E-state index contributed by atoms with van der Waals surface area (Å²) in [6, 6.07) is 12.0. The molecule has 0 aliphatic carbocycles. The van der Waals surface area contributed by atoms with Crippen LogP contribution in [0.15, 0.2) is 55.0 Å². The van der Waals surface area contributed by atoms with Gasteiger partial charge in [0, 0.05) is 30.4 Å². The molecule has 3 heterocycles. The molecule has 4 rings (SSSR count). The van der Waals surface area contributed by atoms with Crippen molar-refractivity contribution in [2.24, 2.45) is 0 Å². The first-order valence-corrected chi connectivity index (χ1v) is 9.16. The SMILES string of the molecule is CNC(=O)Cn1cc(Nc2cc3cc(-c4ccccc4C)nc(N)c3cn2)cn1. The number of hydrogen-bond donors (Lipinski definition) is 3. The number of fused-ring (bicyclic) bond motifs is 1. The van der Waals surface area contributed by atoms with E-state index in [0.29, 0.717) is 11.6 Å². The number of nitrogens with one attached hydrogen (secondary N) is 2. The van der Waals surface area contributed by atoms with Gasteiger partial charge in [-0.15, -0.1) is 0 Å². The molecule has 0 aliphatic heterocycles. The Hall–Kier alpha value is -3.94. The van der Waals surface area contributed by atoms with E-state index in [1.165, 1.54) is 0 Å². The van der Waals surface area contributed by atoms with Crippen LogP contribution in [-0.2, 0) is 11.3 Å². The summed E-state index contributed by atoms with van der Waals surface area (Å²) < 4.78 is 1.56. The molecule has 0 fully saturated rings. The van der Waals surface area contributed by atoms with Gasteiger partial charge < -0.3 is 16.4 Å². The predicted octanol–water partition coefficient (Wildman–Crippen LogP) is 2.87. The van der Waals surface area contributed by atoms with Gasteiger partial charge in [0.2, 0.25) is 5.91 Å². The lowest BCUT2D eigenvalue weighted by molar-refractivity contribution is -0.121. The molecule has 4 aromatic rings. The highest BCUT2D eigenvalue weighted by Crippen LogP contribution is 2.29. The molecule has 8 nitrogen and oxygen atoms in total. The molecule has 0 saturated heterocycles. The summed E-state index contributed by atoms with van der Waals surface area (Å²) in [5.41, 5.74) is 9.93. The van der Waals surface area contributed by atoms with Crippen LogP contribution in [-0.4, -0.2) is 32.7 Å². The predicted molar refractivity (Wildman–Crippen MR) is 114 cm³/mol. The number of anilines is 3. The molecule has 0 spiro atoms. The van der Waals surface area contributed by atoms with Crippen molar-refractivity contribution in [3.63, 3.8) is 0 Å². The smallest absolute Gasteiger partial charge is 0.241 e. The van der Waals surface area contributed by atoms with Crippen LogP contribution in [0.25, 0.3) is 22.0 Å². The van der Waals surface area contributed by atoms with Crippen LogP contribution in [0.1, 0.15) is 5.56 Å². The lowest BCUT2D eigenvalue weighted by Gasteiger charge is -2.10.